The predicted octanol–water partition coefficient (Wildman–Crippen LogP) is 2.90. The number of fused-ring (bicyclic) bond motifs is 1. The molecule has 1 heterocycles. The van der Waals surface area contributed by atoms with Gasteiger partial charge in [0.15, 0.2) is 0 Å². The van der Waals surface area contributed by atoms with E-state index in [4.69, 9.17) is 4.74 Å². The Hall–Kier alpha value is -2.14. The van der Waals surface area contributed by atoms with Gasteiger partial charge in [0.25, 0.3) is 0 Å². The Balaban J connectivity index is 2.22. The van der Waals surface area contributed by atoms with E-state index in [1.807, 2.05) is 35.8 Å². The number of carbonyl (C=O) groups is 1. The molecule has 5 nitrogen and oxygen atoms in total. The molecule has 0 amide bonds. The minimum Gasteiger partial charge on any atom is -0.464 e. The zero-order valence-electron chi connectivity index (χ0n) is 13.9. The summed E-state index contributed by atoms with van der Waals surface area (Å²) in [5.74, 6) is -0.409. The fourth-order valence-corrected chi connectivity index (χ4v) is 4.03. The lowest BCUT2D eigenvalue weighted by Crippen LogP contribution is -2.42. The van der Waals surface area contributed by atoms with E-state index in [0.29, 0.717) is 12.1 Å². The summed E-state index contributed by atoms with van der Waals surface area (Å²) in [6.07, 6.45) is 3.77. The van der Waals surface area contributed by atoms with Crippen LogP contribution in [0.3, 0.4) is 0 Å². The molecule has 2 atom stereocenters. The number of methoxy groups -OCH3 is 1. The number of imidazole rings is 1. The van der Waals surface area contributed by atoms with E-state index in [2.05, 4.69) is 18.8 Å². The molecule has 0 unspecified atom stereocenters. The topological polar surface area (TPSA) is 64.3 Å². The smallest absolute Gasteiger partial charge is 0.356 e. The number of aliphatic hydroxyl groups is 1. The second-order valence-electron chi connectivity index (χ2n) is 7.11. The molecule has 1 aliphatic carbocycles. The van der Waals surface area contributed by atoms with Crippen LogP contribution in [-0.4, -0.2) is 27.7 Å². The van der Waals surface area contributed by atoms with E-state index < -0.39 is 11.6 Å². The zero-order valence-corrected chi connectivity index (χ0v) is 13.9. The highest BCUT2D eigenvalue weighted by molar-refractivity contribution is 5.87. The molecule has 5 heteroatoms. The van der Waals surface area contributed by atoms with Crippen molar-refractivity contribution in [2.75, 3.05) is 7.11 Å². The third-order valence-corrected chi connectivity index (χ3v) is 4.71. The van der Waals surface area contributed by atoms with E-state index in [1.54, 1.807) is 6.33 Å². The largest absolute Gasteiger partial charge is 0.464 e. The van der Waals surface area contributed by atoms with Crippen LogP contribution in [0.5, 0.6) is 0 Å². The van der Waals surface area contributed by atoms with Crippen molar-refractivity contribution in [3.63, 3.8) is 0 Å². The van der Waals surface area contributed by atoms with Crippen LogP contribution < -0.4 is 0 Å². The van der Waals surface area contributed by atoms with Gasteiger partial charge in [0.05, 0.1) is 31.3 Å². The summed E-state index contributed by atoms with van der Waals surface area (Å²) in [6, 6.07) is 7.74. The Labute approximate surface area is 135 Å². The molecule has 0 saturated carbocycles. The molecule has 0 fully saturated rings. The van der Waals surface area contributed by atoms with Crippen molar-refractivity contribution < 1.29 is 14.6 Å². The molecule has 0 spiro atoms. The highest BCUT2D eigenvalue weighted by atomic mass is 16.5. The van der Waals surface area contributed by atoms with Crippen molar-refractivity contribution in [3.05, 3.63) is 53.6 Å². The maximum Gasteiger partial charge on any atom is 0.356 e. The van der Waals surface area contributed by atoms with Gasteiger partial charge in [-0.3, -0.25) is 0 Å². The minimum absolute atomic E-state index is 0.101. The summed E-state index contributed by atoms with van der Waals surface area (Å²) in [5.41, 5.74) is 1.16. The monoisotopic (exact) mass is 314 g/mol. The van der Waals surface area contributed by atoms with Gasteiger partial charge in [-0.15, -0.1) is 0 Å². The van der Waals surface area contributed by atoms with Gasteiger partial charge in [-0.1, -0.05) is 38.1 Å². The van der Waals surface area contributed by atoms with Crippen molar-refractivity contribution in [1.29, 1.82) is 0 Å². The van der Waals surface area contributed by atoms with Crippen LogP contribution in [0.25, 0.3) is 0 Å². The van der Waals surface area contributed by atoms with Crippen molar-refractivity contribution in [1.82, 2.24) is 9.55 Å². The minimum atomic E-state index is -0.900. The number of esters is 1. The van der Waals surface area contributed by atoms with E-state index in [9.17, 15) is 9.90 Å². The fourth-order valence-electron chi connectivity index (χ4n) is 4.03. The lowest BCUT2D eigenvalue weighted by molar-refractivity contribution is -0.0169. The van der Waals surface area contributed by atoms with Gasteiger partial charge in [-0.2, -0.15) is 0 Å². The van der Waals surface area contributed by atoms with Crippen LogP contribution in [0.4, 0.5) is 0 Å². The Morgan fingerprint density at radius 1 is 1.35 bits per heavy atom. The first-order valence-corrected chi connectivity index (χ1v) is 7.70. The average molecular weight is 314 g/mol. The molecule has 0 saturated heterocycles. The third kappa shape index (κ3) is 2.45. The van der Waals surface area contributed by atoms with E-state index in [-0.39, 0.29) is 11.5 Å². The number of ether oxygens (including phenoxy) is 1. The summed E-state index contributed by atoms with van der Waals surface area (Å²) in [4.78, 5) is 16.2. The lowest BCUT2D eigenvalue weighted by Gasteiger charge is -2.47. The van der Waals surface area contributed by atoms with Crippen molar-refractivity contribution >= 4 is 5.97 Å². The van der Waals surface area contributed by atoms with Crippen LogP contribution in [0, 0.1) is 5.41 Å². The van der Waals surface area contributed by atoms with E-state index >= 15 is 0 Å². The molecule has 23 heavy (non-hydrogen) atoms. The Morgan fingerprint density at radius 2 is 2.04 bits per heavy atom. The second-order valence-corrected chi connectivity index (χ2v) is 7.11. The third-order valence-electron chi connectivity index (χ3n) is 4.71. The molecule has 1 aromatic heterocycles. The van der Waals surface area contributed by atoms with Crippen LogP contribution in [-0.2, 0) is 10.3 Å². The van der Waals surface area contributed by atoms with Crippen molar-refractivity contribution in [2.24, 2.45) is 5.41 Å². The van der Waals surface area contributed by atoms with Gasteiger partial charge in [0.2, 0.25) is 0 Å². The summed E-state index contributed by atoms with van der Waals surface area (Å²) in [5, 5.41) is 10.9. The first-order chi connectivity index (χ1) is 10.8. The van der Waals surface area contributed by atoms with Gasteiger partial charge < -0.3 is 14.4 Å². The van der Waals surface area contributed by atoms with Crippen LogP contribution in [0.15, 0.2) is 36.8 Å². The van der Waals surface area contributed by atoms with Crippen LogP contribution in [0.2, 0.25) is 0 Å². The maximum absolute atomic E-state index is 12.1. The quantitative estimate of drug-likeness (QED) is 0.866. The number of rotatable bonds is 2. The zero-order chi connectivity index (χ0) is 16.8. The van der Waals surface area contributed by atoms with Crippen LogP contribution >= 0.6 is 0 Å². The highest BCUT2D eigenvalue weighted by Gasteiger charge is 2.46. The highest BCUT2D eigenvalue weighted by Crippen LogP contribution is 2.52. The first-order valence-electron chi connectivity index (χ1n) is 7.70. The molecular formula is C18H22N2O3. The normalized spacial score (nSPS) is 25.7. The van der Waals surface area contributed by atoms with Gasteiger partial charge in [0, 0.05) is 0 Å². The predicted molar refractivity (Wildman–Crippen MR) is 86.1 cm³/mol. The number of aromatic nitrogens is 2. The molecule has 2 aromatic rings. The summed E-state index contributed by atoms with van der Waals surface area (Å²) >= 11 is 0. The standard InChI is InChI=1S/C18H22N2O3/c1-17(2)10-18(3,22)13-8-6-5-7-12(13)15(17)20-11-19-9-14(20)16(21)23-4/h5-9,11,15,22H,10H2,1-4H3/t15-,18+/m0/s1. The number of hydrogen-bond acceptors (Lipinski definition) is 4. The van der Waals surface area contributed by atoms with E-state index in [0.717, 1.165) is 11.1 Å². The lowest BCUT2D eigenvalue weighted by atomic mass is 9.64. The fraction of sp³-hybridized carbons (Fsp3) is 0.444. The Morgan fingerprint density at radius 3 is 2.74 bits per heavy atom. The molecule has 122 valence electrons. The molecular weight excluding hydrogens is 292 g/mol. The second kappa shape index (κ2) is 5.20. The summed E-state index contributed by atoms with van der Waals surface area (Å²) in [6.45, 7) is 6.05. The molecule has 1 aromatic carbocycles. The average Bonchev–Trinajstić information content (AvgIpc) is 2.94. The van der Waals surface area contributed by atoms with Crippen molar-refractivity contribution in [3.8, 4) is 0 Å². The van der Waals surface area contributed by atoms with Gasteiger partial charge >= 0.3 is 5.97 Å². The molecule has 0 bridgehead atoms. The van der Waals surface area contributed by atoms with Gasteiger partial charge in [-0.05, 0) is 29.9 Å². The maximum atomic E-state index is 12.1. The Kier molecular flexibility index (Phi) is 3.56. The number of nitrogens with zero attached hydrogens (tertiary/aromatic N) is 2. The molecule has 0 radical (unpaired) electrons. The van der Waals surface area contributed by atoms with Crippen molar-refractivity contribution in [2.45, 2.75) is 38.8 Å². The number of carbonyl (C=O) groups excluding carboxylic acids is 1. The molecule has 3 rings (SSSR count). The number of benzene rings is 1. The summed E-state index contributed by atoms with van der Waals surface area (Å²) < 4.78 is 6.74. The summed E-state index contributed by atoms with van der Waals surface area (Å²) in [7, 11) is 1.37. The van der Waals surface area contributed by atoms with E-state index in [1.165, 1.54) is 13.3 Å². The SMILES string of the molecule is COC(=O)c1cncn1[C@H]1c2ccccc2[C@](C)(O)CC1(C)C. The van der Waals surface area contributed by atoms with Gasteiger partial charge in [0.1, 0.15) is 5.69 Å². The first kappa shape index (κ1) is 15.7. The molecule has 1 aliphatic rings. The molecule has 1 N–H and O–H groups in total. The molecule has 0 aliphatic heterocycles. The number of hydrogen-bond donors (Lipinski definition) is 1. The Bertz CT molecular complexity index is 746. The van der Waals surface area contributed by atoms with Gasteiger partial charge in [-0.25, -0.2) is 9.78 Å². The van der Waals surface area contributed by atoms with Crippen LogP contribution in [0.1, 0.15) is 54.8 Å².